The maximum atomic E-state index is 6.14. The predicted octanol–water partition coefficient (Wildman–Crippen LogP) is 6.84. The first-order valence-corrected chi connectivity index (χ1v) is 8.89. The van der Waals surface area contributed by atoms with Gasteiger partial charge in [0.1, 0.15) is 12.4 Å². The van der Waals surface area contributed by atoms with E-state index in [0.717, 1.165) is 22.6 Å². The van der Waals surface area contributed by atoms with Gasteiger partial charge < -0.3 is 10.1 Å². The molecule has 1 N–H and O–H groups in total. The molecule has 0 saturated carbocycles. The third-order valence-corrected chi connectivity index (χ3v) is 4.40. The lowest BCUT2D eigenvalue weighted by Gasteiger charge is -2.14. The lowest BCUT2D eigenvalue weighted by atomic mass is 10.2. The van der Waals surface area contributed by atoms with E-state index in [1.54, 1.807) is 0 Å². The molecule has 3 aromatic rings. The quantitative estimate of drug-likeness (QED) is 0.496. The fourth-order valence-corrected chi connectivity index (χ4v) is 2.78. The third kappa shape index (κ3) is 5.30. The highest BCUT2D eigenvalue weighted by Crippen LogP contribution is 2.25. The van der Waals surface area contributed by atoms with Crippen molar-refractivity contribution in [2.75, 3.05) is 5.32 Å². The van der Waals surface area contributed by atoms with Crippen molar-refractivity contribution in [3.63, 3.8) is 0 Å². The minimum Gasteiger partial charge on any atom is -0.489 e. The molecule has 0 aliphatic rings. The zero-order valence-corrected chi connectivity index (χ0v) is 15.6. The van der Waals surface area contributed by atoms with Gasteiger partial charge in [-0.1, -0.05) is 46.9 Å². The number of nitrogens with one attached hydrogen (secondary N) is 1. The second-order valence-corrected chi connectivity index (χ2v) is 6.84. The van der Waals surface area contributed by atoms with E-state index in [9.17, 15) is 0 Å². The fraction of sp³-hybridized carbons (Fsp3) is 0.100. The zero-order chi connectivity index (χ0) is 17.6. The van der Waals surface area contributed by atoms with Crippen molar-refractivity contribution >= 4 is 40.5 Å². The van der Waals surface area contributed by atoms with Crippen molar-refractivity contribution in [2.45, 2.75) is 13.2 Å². The van der Waals surface area contributed by atoms with E-state index in [-0.39, 0.29) is 0 Å². The Labute approximate surface area is 162 Å². The minimum absolute atomic E-state index is 0.465. The van der Waals surface area contributed by atoms with Gasteiger partial charge in [0.15, 0.2) is 0 Å². The molecule has 128 valence electrons. The van der Waals surface area contributed by atoms with Crippen LogP contribution in [0.2, 0.25) is 15.1 Å². The van der Waals surface area contributed by atoms with Gasteiger partial charge in [-0.25, -0.2) is 0 Å². The minimum atomic E-state index is 0.465. The number of benzene rings is 3. The van der Waals surface area contributed by atoms with E-state index in [4.69, 9.17) is 39.5 Å². The van der Waals surface area contributed by atoms with Gasteiger partial charge in [0, 0.05) is 32.9 Å². The molecule has 25 heavy (non-hydrogen) atoms. The van der Waals surface area contributed by atoms with E-state index < -0.39 is 0 Å². The van der Waals surface area contributed by atoms with Gasteiger partial charge in [-0.15, -0.1) is 0 Å². The number of anilines is 1. The van der Waals surface area contributed by atoms with E-state index in [2.05, 4.69) is 5.32 Å². The molecule has 0 aromatic heterocycles. The van der Waals surface area contributed by atoms with Crippen LogP contribution < -0.4 is 10.1 Å². The second-order valence-electron chi connectivity index (χ2n) is 5.53. The number of hydrogen-bond acceptors (Lipinski definition) is 2. The van der Waals surface area contributed by atoms with Crippen LogP contribution in [0.25, 0.3) is 0 Å². The van der Waals surface area contributed by atoms with Gasteiger partial charge in [-0.2, -0.15) is 0 Å². The summed E-state index contributed by atoms with van der Waals surface area (Å²) in [5.74, 6) is 0.792. The molecule has 0 radical (unpaired) electrons. The SMILES string of the molecule is Clc1ccc(COc2ccc(Cl)cc2CNc2ccc(Cl)cc2)cc1. The molecule has 3 rings (SSSR count). The molecule has 0 amide bonds. The molecule has 5 heteroatoms. The van der Waals surface area contributed by atoms with E-state index in [1.807, 2.05) is 66.7 Å². The van der Waals surface area contributed by atoms with Crippen LogP contribution in [0.3, 0.4) is 0 Å². The summed E-state index contributed by atoms with van der Waals surface area (Å²) in [6.45, 7) is 1.06. The normalized spacial score (nSPS) is 10.5. The summed E-state index contributed by atoms with van der Waals surface area (Å²) < 4.78 is 5.96. The molecule has 0 unspecified atom stereocenters. The molecular weight excluding hydrogens is 377 g/mol. The van der Waals surface area contributed by atoms with Gasteiger partial charge in [0.05, 0.1) is 0 Å². The first-order valence-electron chi connectivity index (χ1n) is 7.75. The van der Waals surface area contributed by atoms with Crippen molar-refractivity contribution in [1.29, 1.82) is 0 Å². The van der Waals surface area contributed by atoms with E-state index in [1.165, 1.54) is 0 Å². The highest BCUT2D eigenvalue weighted by molar-refractivity contribution is 6.31. The van der Waals surface area contributed by atoms with Crippen molar-refractivity contribution < 1.29 is 4.74 Å². The lowest BCUT2D eigenvalue weighted by molar-refractivity contribution is 0.303. The Hall–Kier alpha value is -1.87. The average Bonchev–Trinajstić information content (AvgIpc) is 2.62. The Balaban J connectivity index is 1.69. The van der Waals surface area contributed by atoms with Crippen LogP contribution in [0.1, 0.15) is 11.1 Å². The Kier molecular flexibility index (Phi) is 6.09. The Morgan fingerprint density at radius 1 is 0.720 bits per heavy atom. The number of ether oxygens (including phenoxy) is 1. The molecule has 0 bridgehead atoms. The Morgan fingerprint density at radius 3 is 2.00 bits per heavy atom. The number of rotatable bonds is 6. The summed E-state index contributed by atoms with van der Waals surface area (Å²) in [7, 11) is 0. The van der Waals surface area contributed by atoms with Gasteiger partial charge in [0.25, 0.3) is 0 Å². The summed E-state index contributed by atoms with van der Waals surface area (Å²) in [6.07, 6.45) is 0. The molecule has 0 aliphatic heterocycles. The topological polar surface area (TPSA) is 21.3 Å². The maximum Gasteiger partial charge on any atom is 0.124 e. The van der Waals surface area contributed by atoms with Crippen LogP contribution >= 0.6 is 34.8 Å². The van der Waals surface area contributed by atoms with Crippen LogP contribution in [0.5, 0.6) is 5.75 Å². The predicted molar refractivity (Wildman–Crippen MR) is 106 cm³/mol. The monoisotopic (exact) mass is 391 g/mol. The van der Waals surface area contributed by atoms with Gasteiger partial charge in [0.2, 0.25) is 0 Å². The highest BCUT2D eigenvalue weighted by atomic mass is 35.5. The second kappa shape index (κ2) is 8.48. The van der Waals surface area contributed by atoms with Crippen molar-refractivity contribution in [3.05, 3.63) is 92.9 Å². The van der Waals surface area contributed by atoms with Gasteiger partial charge in [-0.05, 0) is 60.2 Å². The molecule has 2 nitrogen and oxygen atoms in total. The largest absolute Gasteiger partial charge is 0.489 e. The summed E-state index contributed by atoms with van der Waals surface area (Å²) in [4.78, 5) is 0. The van der Waals surface area contributed by atoms with Crippen molar-refractivity contribution in [2.24, 2.45) is 0 Å². The van der Waals surface area contributed by atoms with Crippen molar-refractivity contribution in [3.8, 4) is 5.75 Å². The molecule has 0 fully saturated rings. The van der Waals surface area contributed by atoms with Crippen LogP contribution in [0.4, 0.5) is 5.69 Å². The van der Waals surface area contributed by atoms with Gasteiger partial charge in [-0.3, -0.25) is 0 Å². The molecule has 0 saturated heterocycles. The third-order valence-electron chi connectivity index (χ3n) is 3.66. The highest BCUT2D eigenvalue weighted by Gasteiger charge is 2.06. The summed E-state index contributed by atoms with van der Waals surface area (Å²) in [6, 6.07) is 20.8. The smallest absolute Gasteiger partial charge is 0.124 e. The summed E-state index contributed by atoms with van der Waals surface area (Å²) >= 11 is 18.0. The average molecular weight is 393 g/mol. The molecule has 0 spiro atoms. The van der Waals surface area contributed by atoms with Gasteiger partial charge >= 0.3 is 0 Å². The molecule has 0 heterocycles. The van der Waals surface area contributed by atoms with Crippen LogP contribution in [0.15, 0.2) is 66.7 Å². The summed E-state index contributed by atoms with van der Waals surface area (Å²) in [5.41, 5.74) is 3.01. The lowest BCUT2D eigenvalue weighted by Crippen LogP contribution is -2.04. The first kappa shape index (κ1) is 17.9. The molecule has 0 atom stereocenters. The zero-order valence-electron chi connectivity index (χ0n) is 13.3. The van der Waals surface area contributed by atoms with Crippen LogP contribution in [-0.2, 0) is 13.2 Å². The number of hydrogen-bond donors (Lipinski definition) is 1. The van der Waals surface area contributed by atoms with Crippen molar-refractivity contribution in [1.82, 2.24) is 0 Å². The Morgan fingerprint density at radius 2 is 1.32 bits per heavy atom. The molecule has 0 aliphatic carbocycles. The first-order chi connectivity index (χ1) is 12.1. The molecule has 3 aromatic carbocycles. The standard InChI is InChI=1S/C20H16Cl3NO/c21-16-3-1-14(2-4-16)13-25-20-10-7-18(23)11-15(20)12-24-19-8-5-17(22)6-9-19/h1-11,24H,12-13H2. The van der Waals surface area contributed by atoms with E-state index in [0.29, 0.717) is 28.2 Å². The van der Waals surface area contributed by atoms with E-state index >= 15 is 0 Å². The van der Waals surface area contributed by atoms with Crippen LogP contribution in [-0.4, -0.2) is 0 Å². The molecular formula is C20H16Cl3NO. The fourth-order valence-electron chi connectivity index (χ4n) is 2.33. The number of halogens is 3. The summed E-state index contributed by atoms with van der Waals surface area (Å²) in [5, 5.41) is 5.44. The van der Waals surface area contributed by atoms with Crippen LogP contribution in [0, 0.1) is 0 Å². The maximum absolute atomic E-state index is 6.14. The Bertz CT molecular complexity index is 833.